The first-order chi connectivity index (χ1) is 10.4. The minimum atomic E-state index is -0.942. The van der Waals surface area contributed by atoms with Crippen molar-refractivity contribution < 1.29 is 14.6 Å². The Labute approximate surface area is 133 Å². The summed E-state index contributed by atoms with van der Waals surface area (Å²) in [7, 11) is 0. The van der Waals surface area contributed by atoms with E-state index in [0.717, 1.165) is 24.6 Å². The molecule has 0 aromatic carbocycles. The van der Waals surface area contributed by atoms with E-state index < -0.39 is 5.60 Å². The maximum absolute atomic E-state index is 12.2. The summed E-state index contributed by atoms with van der Waals surface area (Å²) >= 11 is 1.08. The minimum absolute atomic E-state index is 0.104. The smallest absolute Gasteiger partial charge is 0.330 e. The second-order valence-corrected chi connectivity index (χ2v) is 7.52. The summed E-state index contributed by atoms with van der Waals surface area (Å²) in [6, 6.07) is 0.0697. The number of aliphatic hydroxyl groups is 1. The number of nitrogens with one attached hydrogen (secondary N) is 1. The lowest BCUT2D eigenvalue weighted by Crippen LogP contribution is -2.33. The highest BCUT2D eigenvalue weighted by atomic mass is 32.1. The third-order valence-corrected chi connectivity index (χ3v) is 4.80. The second-order valence-electron chi connectivity index (χ2n) is 6.77. The fraction of sp³-hybridized carbons (Fsp3) is 0.786. The zero-order chi connectivity index (χ0) is 15.7. The standard InChI is InChI=1S/C14H22N4O3S/c1-14(2,20)8-21-11-15-12(22-17-11)16-13(19)18-6-9-4-3-5-10(9)7-18/h9-10,20H,3-8H2,1-2H3,(H,15,16,17,19)/t9-,10+. The third kappa shape index (κ3) is 3.67. The molecule has 2 amide bonds. The molecule has 0 unspecified atom stereocenters. The lowest BCUT2D eigenvalue weighted by atomic mass is 10.0. The first kappa shape index (κ1) is 15.5. The zero-order valence-corrected chi connectivity index (χ0v) is 13.7. The molecule has 0 spiro atoms. The van der Waals surface area contributed by atoms with Gasteiger partial charge in [-0.15, -0.1) is 4.37 Å². The summed E-state index contributed by atoms with van der Waals surface area (Å²) in [6.45, 7) is 5.08. The van der Waals surface area contributed by atoms with Crippen molar-refractivity contribution in [1.29, 1.82) is 0 Å². The molecule has 1 aromatic heterocycles. The molecular formula is C14H22N4O3S. The first-order valence-electron chi connectivity index (χ1n) is 7.65. The highest BCUT2D eigenvalue weighted by Crippen LogP contribution is 2.37. The van der Waals surface area contributed by atoms with Crippen molar-refractivity contribution in [3.8, 4) is 6.01 Å². The lowest BCUT2D eigenvalue weighted by molar-refractivity contribution is 0.0255. The van der Waals surface area contributed by atoms with Gasteiger partial charge in [-0.2, -0.15) is 4.98 Å². The van der Waals surface area contributed by atoms with E-state index in [1.54, 1.807) is 13.8 Å². The maximum Gasteiger partial charge on any atom is 0.330 e. The van der Waals surface area contributed by atoms with Crippen molar-refractivity contribution in [3.63, 3.8) is 0 Å². The van der Waals surface area contributed by atoms with Crippen LogP contribution in [0, 0.1) is 11.8 Å². The maximum atomic E-state index is 12.2. The zero-order valence-electron chi connectivity index (χ0n) is 12.9. The molecule has 0 radical (unpaired) electrons. The molecule has 8 heteroatoms. The first-order valence-corrected chi connectivity index (χ1v) is 8.43. The molecule has 0 bridgehead atoms. The highest BCUT2D eigenvalue weighted by Gasteiger charge is 2.38. The van der Waals surface area contributed by atoms with E-state index in [9.17, 15) is 9.90 Å². The van der Waals surface area contributed by atoms with Gasteiger partial charge < -0.3 is 14.7 Å². The minimum Gasteiger partial charge on any atom is -0.460 e. The van der Waals surface area contributed by atoms with Crippen LogP contribution in [0.25, 0.3) is 0 Å². The van der Waals surface area contributed by atoms with Gasteiger partial charge in [0.15, 0.2) is 0 Å². The average molecular weight is 326 g/mol. The number of ether oxygens (including phenoxy) is 1. The van der Waals surface area contributed by atoms with Crippen molar-refractivity contribution in [3.05, 3.63) is 0 Å². The molecule has 1 saturated heterocycles. The van der Waals surface area contributed by atoms with Crippen LogP contribution in [-0.4, -0.2) is 50.7 Å². The molecule has 2 N–H and O–H groups in total. The normalized spacial score (nSPS) is 24.4. The number of anilines is 1. The molecule has 1 aliphatic heterocycles. The second kappa shape index (κ2) is 6.00. The Morgan fingerprint density at radius 3 is 2.77 bits per heavy atom. The van der Waals surface area contributed by atoms with Crippen LogP contribution >= 0.6 is 11.5 Å². The number of hydrogen-bond acceptors (Lipinski definition) is 6. The predicted molar refractivity (Wildman–Crippen MR) is 83.1 cm³/mol. The van der Waals surface area contributed by atoms with Gasteiger partial charge in [0.05, 0.1) is 5.60 Å². The molecule has 3 rings (SSSR count). The Hall–Kier alpha value is -1.41. The third-order valence-electron chi connectivity index (χ3n) is 4.19. The van der Waals surface area contributed by atoms with Gasteiger partial charge in [-0.25, -0.2) is 4.79 Å². The number of hydrogen-bond donors (Lipinski definition) is 2. The van der Waals surface area contributed by atoms with E-state index in [2.05, 4.69) is 14.7 Å². The van der Waals surface area contributed by atoms with E-state index in [4.69, 9.17) is 4.74 Å². The van der Waals surface area contributed by atoms with Crippen molar-refractivity contribution in [2.45, 2.75) is 38.7 Å². The van der Waals surface area contributed by atoms with Gasteiger partial charge in [-0.3, -0.25) is 5.32 Å². The quantitative estimate of drug-likeness (QED) is 0.883. The molecule has 2 heterocycles. The van der Waals surface area contributed by atoms with Gasteiger partial charge in [0, 0.05) is 24.6 Å². The van der Waals surface area contributed by atoms with Crippen molar-refractivity contribution in [2.75, 3.05) is 25.0 Å². The molecule has 1 aliphatic carbocycles. The van der Waals surface area contributed by atoms with E-state index in [0.29, 0.717) is 17.0 Å². The summed E-state index contributed by atoms with van der Waals surface area (Å²) in [5, 5.41) is 12.8. The molecular weight excluding hydrogens is 304 g/mol. The Morgan fingerprint density at radius 2 is 2.14 bits per heavy atom. The molecule has 1 aromatic rings. The monoisotopic (exact) mass is 326 g/mol. The number of likely N-dealkylation sites (tertiary alicyclic amines) is 1. The molecule has 2 aliphatic rings. The number of rotatable bonds is 4. The van der Waals surface area contributed by atoms with E-state index in [1.807, 2.05) is 4.90 Å². The van der Waals surface area contributed by atoms with Gasteiger partial charge >= 0.3 is 12.0 Å². The molecule has 1 saturated carbocycles. The van der Waals surface area contributed by atoms with Gasteiger partial charge in [-0.1, -0.05) is 6.42 Å². The summed E-state index contributed by atoms with van der Waals surface area (Å²) in [5.74, 6) is 1.34. The number of carbonyl (C=O) groups is 1. The van der Waals surface area contributed by atoms with Gasteiger partial charge in [0.1, 0.15) is 6.61 Å². The van der Waals surface area contributed by atoms with Gasteiger partial charge in [0.2, 0.25) is 5.13 Å². The molecule has 2 fully saturated rings. The number of amides is 2. The Kier molecular flexibility index (Phi) is 4.22. The Balaban J connectivity index is 1.51. The lowest BCUT2D eigenvalue weighted by Gasteiger charge is -2.16. The summed E-state index contributed by atoms with van der Waals surface area (Å²) in [4.78, 5) is 18.2. The topological polar surface area (TPSA) is 87.6 Å². The van der Waals surface area contributed by atoms with Crippen molar-refractivity contribution >= 4 is 22.7 Å². The fourth-order valence-electron chi connectivity index (χ4n) is 3.13. The molecule has 7 nitrogen and oxygen atoms in total. The van der Waals surface area contributed by atoms with Crippen LogP contribution in [-0.2, 0) is 0 Å². The van der Waals surface area contributed by atoms with Crippen molar-refractivity contribution in [1.82, 2.24) is 14.3 Å². The number of nitrogens with zero attached hydrogens (tertiary/aromatic N) is 3. The van der Waals surface area contributed by atoms with Crippen LogP contribution in [0.1, 0.15) is 33.1 Å². The Morgan fingerprint density at radius 1 is 1.45 bits per heavy atom. The van der Waals surface area contributed by atoms with Crippen LogP contribution in [0.4, 0.5) is 9.93 Å². The van der Waals surface area contributed by atoms with Crippen LogP contribution in [0.5, 0.6) is 6.01 Å². The van der Waals surface area contributed by atoms with Crippen LogP contribution < -0.4 is 10.1 Å². The van der Waals surface area contributed by atoms with E-state index in [1.165, 1.54) is 19.3 Å². The summed E-state index contributed by atoms with van der Waals surface area (Å²) < 4.78 is 9.31. The van der Waals surface area contributed by atoms with E-state index >= 15 is 0 Å². The predicted octanol–water partition coefficient (Wildman–Crippen LogP) is 1.95. The molecule has 2 atom stereocenters. The average Bonchev–Trinajstić information content (AvgIpc) is 3.10. The fourth-order valence-corrected chi connectivity index (χ4v) is 3.64. The Bertz CT molecular complexity index is 530. The van der Waals surface area contributed by atoms with E-state index in [-0.39, 0.29) is 18.6 Å². The van der Waals surface area contributed by atoms with Gasteiger partial charge in [0.25, 0.3) is 0 Å². The number of carbonyl (C=O) groups excluding carboxylic acids is 1. The molecule has 122 valence electrons. The number of aromatic nitrogens is 2. The van der Waals surface area contributed by atoms with Crippen LogP contribution in [0.2, 0.25) is 0 Å². The largest absolute Gasteiger partial charge is 0.460 e. The highest BCUT2D eigenvalue weighted by molar-refractivity contribution is 7.10. The summed E-state index contributed by atoms with van der Waals surface area (Å²) in [6.07, 6.45) is 3.77. The number of fused-ring (bicyclic) bond motifs is 1. The molecule has 22 heavy (non-hydrogen) atoms. The number of urea groups is 1. The van der Waals surface area contributed by atoms with Crippen LogP contribution in [0.15, 0.2) is 0 Å². The van der Waals surface area contributed by atoms with Crippen LogP contribution in [0.3, 0.4) is 0 Å². The van der Waals surface area contributed by atoms with Gasteiger partial charge in [-0.05, 0) is 38.5 Å². The summed E-state index contributed by atoms with van der Waals surface area (Å²) in [5.41, 5.74) is -0.942. The van der Waals surface area contributed by atoms with Crippen molar-refractivity contribution in [2.24, 2.45) is 11.8 Å². The SMILES string of the molecule is CC(C)(O)COc1nsc(NC(=O)N2C[C@H]3CCC[C@H]3C2)n1.